The lowest BCUT2D eigenvalue weighted by Crippen LogP contribution is -2.49. The summed E-state index contributed by atoms with van der Waals surface area (Å²) in [6, 6.07) is 21.4. The third-order valence-corrected chi connectivity index (χ3v) is 23.0. The number of hydrogen-bond acceptors (Lipinski definition) is 12. The highest BCUT2D eigenvalue weighted by Crippen LogP contribution is 2.49. The summed E-state index contributed by atoms with van der Waals surface area (Å²) < 4.78 is 123. The lowest BCUT2D eigenvalue weighted by molar-refractivity contribution is 0.0454. The molecule has 0 radical (unpaired) electrons. The Bertz CT molecular complexity index is 3230. The van der Waals surface area contributed by atoms with Crippen LogP contribution in [0.3, 0.4) is 0 Å². The summed E-state index contributed by atoms with van der Waals surface area (Å²) in [5, 5.41) is 19.2. The topological polar surface area (TPSA) is 192 Å². The summed E-state index contributed by atoms with van der Waals surface area (Å²) in [6.07, 6.45) is 6.83. The van der Waals surface area contributed by atoms with Crippen LogP contribution in [-0.4, -0.2) is 114 Å². The SMILES string of the molecule is O=C1NS(=O)(=O)[C@@H](C(F)F)CC/C=C/[C@H](O)[C@@H]2CC[C@H]2CN2C[C@@]3(CCCc4cc(Cl)ccc43)COc3ccc1cc32.O=C1NS(=O)(=O)[C@H](C(F)F)CC/C=C/[C@H](O)[C@@H]2CC[C@H]2CN2C[C@@]3(CCCc4cc(Cl)ccc43)COc3ccc1cc32. The molecule has 4 aromatic rings. The van der Waals surface area contributed by atoms with Gasteiger partial charge in [0, 0.05) is 58.2 Å². The number of carbonyl (C=O) groups excluding carboxylic acids is 2. The summed E-state index contributed by atoms with van der Waals surface area (Å²) in [5.74, 6) is -0.488. The van der Waals surface area contributed by atoms with E-state index in [1.54, 1.807) is 48.6 Å². The molecule has 10 atom stereocenters. The molecular weight excluding hydrogens is 1170 g/mol. The molecule has 12 rings (SSSR count). The van der Waals surface area contributed by atoms with E-state index >= 15 is 0 Å². The summed E-state index contributed by atoms with van der Waals surface area (Å²) >= 11 is 12.7. The van der Waals surface area contributed by atoms with Crippen molar-refractivity contribution in [3.63, 3.8) is 0 Å². The molecule has 4 aliphatic heterocycles. The van der Waals surface area contributed by atoms with Crippen molar-refractivity contribution in [2.24, 2.45) is 23.7 Å². The number of nitrogens with one attached hydrogen (secondary N) is 2. The molecule has 8 aliphatic rings. The fourth-order valence-electron chi connectivity index (χ4n) is 14.3. The number of anilines is 2. The molecule has 0 unspecified atom stereocenters. The van der Waals surface area contributed by atoms with E-state index in [1.165, 1.54) is 34.4 Å². The number of halogens is 6. The van der Waals surface area contributed by atoms with E-state index in [1.807, 2.05) is 33.7 Å². The number of sulfonamides is 2. The third-order valence-electron chi connectivity index (χ3n) is 19.1. The molecular formula is C62H70Cl2F4N4O10S2. The van der Waals surface area contributed by atoms with Crippen molar-refractivity contribution in [2.75, 3.05) is 49.2 Å². The number of alkyl halides is 4. The number of nitrogens with zero attached hydrogens (tertiary/aromatic N) is 2. The van der Waals surface area contributed by atoms with Crippen molar-refractivity contribution in [1.82, 2.24) is 9.44 Å². The number of ether oxygens (including phenoxy) is 2. The smallest absolute Gasteiger partial charge is 0.264 e. The molecule has 4 aliphatic carbocycles. The number of hydrogen-bond donors (Lipinski definition) is 4. The van der Waals surface area contributed by atoms with Gasteiger partial charge in [0.25, 0.3) is 24.7 Å². The van der Waals surface area contributed by atoms with E-state index < -0.39 is 67.4 Å². The summed E-state index contributed by atoms with van der Waals surface area (Å²) in [6.45, 7) is 3.27. The average molecular weight is 1240 g/mol. The Hall–Kier alpha value is -5.38. The van der Waals surface area contributed by atoms with Crippen LogP contribution in [0.25, 0.3) is 0 Å². The van der Waals surface area contributed by atoms with E-state index in [4.69, 9.17) is 32.7 Å². The zero-order chi connectivity index (χ0) is 59.3. The van der Waals surface area contributed by atoms with Crippen LogP contribution in [0, 0.1) is 23.7 Å². The molecule has 2 spiro atoms. The molecule has 4 bridgehead atoms. The van der Waals surface area contributed by atoms with Gasteiger partial charge in [-0.15, -0.1) is 0 Å². The number of rotatable bonds is 2. The quantitative estimate of drug-likeness (QED) is 0.110. The predicted octanol–water partition coefficient (Wildman–Crippen LogP) is 10.5. The molecule has 452 valence electrons. The minimum Gasteiger partial charge on any atom is -0.490 e. The zero-order valence-corrected chi connectivity index (χ0v) is 49.4. The third kappa shape index (κ3) is 12.3. The number of amides is 2. The first kappa shape index (κ1) is 60.3. The number of aliphatic hydroxyl groups excluding tert-OH is 2. The minimum atomic E-state index is -4.67. The predicted molar refractivity (Wildman–Crippen MR) is 314 cm³/mol. The second-order valence-electron chi connectivity index (χ2n) is 24.3. The van der Waals surface area contributed by atoms with Gasteiger partial charge >= 0.3 is 0 Å². The van der Waals surface area contributed by atoms with E-state index in [-0.39, 0.29) is 71.3 Å². The first-order chi connectivity index (χ1) is 40.1. The van der Waals surface area contributed by atoms with Crippen LogP contribution in [0.5, 0.6) is 11.5 Å². The largest absolute Gasteiger partial charge is 0.490 e. The number of aliphatic hydroxyl groups is 2. The molecule has 22 heteroatoms. The maximum absolute atomic E-state index is 13.8. The van der Waals surface area contributed by atoms with Gasteiger partial charge in [-0.2, -0.15) is 0 Å². The number of carbonyl (C=O) groups is 2. The van der Waals surface area contributed by atoms with Gasteiger partial charge in [-0.25, -0.2) is 43.8 Å². The minimum absolute atomic E-state index is 0.0173. The number of fused-ring (bicyclic) bond motifs is 8. The van der Waals surface area contributed by atoms with Crippen molar-refractivity contribution in [3.8, 4) is 11.5 Å². The molecule has 2 amide bonds. The fourth-order valence-corrected chi connectivity index (χ4v) is 17.1. The van der Waals surface area contributed by atoms with Gasteiger partial charge in [0.15, 0.2) is 0 Å². The Morgan fingerprint density at radius 3 is 1.37 bits per heavy atom. The maximum Gasteiger partial charge on any atom is 0.264 e. The molecule has 4 aromatic carbocycles. The Labute approximate surface area is 498 Å². The van der Waals surface area contributed by atoms with Crippen LogP contribution in [0.4, 0.5) is 28.9 Å². The fraction of sp³-hybridized carbons (Fsp3) is 0.516. The first-order valence-corrected chi connectivity index (χ1v) is 33.0. The van der Waals surface area contributed by atoms with Crippen LogP contribution in [0.1, 0.15) is 120 Å². The molecule has 84 heavy (non-hydrogen) atoms. The monoisotopic (exact) mass is 1240 g/mol. The van der Waals surface area contributed by atoms with Crippen molar-refractivity contribution < 1.29 is 63.7 Å². The van der Waals surface area contributed by atoms with Gasteiger partial charge in [-0.05, 0) is 196 Å². The van der Waals surface area contributed by atoms with Crippen molar-refractivity contribution in [1.29, 1.82) is 0 Å². The van der Waals surface area contributed by atoms with Crippen LogP contribution in [0.15, 0.2) is 97.1 Å². The van der Waals surface area contributed by atoms with Gasteiger partial charge in [0.1, 0.15) is 22.0 Å². The Balaban J connectivity index is 0.000000175. The van der Waals surface area contributed by atoms with Crippen LogP contribution >= 0.6 is 23.2 Å². The van der Waals surface area contributed by atoms with Gasteiger partial charge in [0.2, 0.25) is 20.0 Å². The summed E-state index contributed by atoms with van der Waals surface area (Å²) in [7, 11) is -9.35. The van der Waals surface area contributed by atoms with Crippen LogP contribution < -0.4 is 28.7 Å². The molecule has 4 N–H and O–H groups in total. The van der Waals surface area contributed by atoms with E-state index in [0.717, 1.165) is 64.2 Å². The molecule has 0 saturated heterocycles. The average Bonchev–Trinajstić information content (AvgIpc) is 1.72. The summed E-state index contributed by atoms with van der Waals surface area (Å²) in [5.41, 5.74) is 5.46. The molecule has 0 aromatic heterocycles. The number of benzene rings is 4. The van der Waals surface area contributed by atoms with Crippen LogP contribution in [0.2, 0.25) is 10.0 Å². The zero-order valence-electron chi connectivity index (χ0n) is 46.3. The Morgan fingerprint density at radius 1 is 0.571 bits per heavy atom. The van der Waals surface area contributed by atoms with Gasteiger partial charge < -0.3 is 29.5 Å². The van der Waals surface area contributed by atoms with Crippen molar-refractivity contribution in [2.45, 2.75) is 136 Å². The second-order valence-corrected chi connectivity index (χ2v) is 28.9. The highest BCUT2D eigenvalue weighted by atomic mass is 35.5. The summed E-state index contributed by atoms with van der Waals surface area (Å²) in [4.78, 5) is 30.8. The van der Waals surface area contributed by atoms with Crippen LogP contribution in [-0.2, 0) is 43.7 Å². The van der Waals surface area contributed by atoms with E-state index in [0.29, 0.717) is 72.3 Å². The highest BCUT2D eigenvalue weighted by molar-refractivity contribution is 7.91. The van der Waals surface area contributed by atoms with Gasteiger partial charge in [-0.1, -0.05) is 59.6 Å². The molecule has 2 saturated carbocycles. The van der Waals surface area contributed by atoms with E-state index in [2.05, 4.69) is 21.9 Å². The van der Waals surface area contributed by atoms with Crippen molar-refractivity contribution in [3.05, 3.63) is 141 Å². The lowest BCUT2D eigenvalue weighted by atomic mass is 9.68. The second kappa shape index (κ2) is 24.4. The maximum atomic E-state index is 13.8. The number of allylic oxidation sites excluding steroid dienone is 2. The number of aryl methyl sites for hydroxylation is 2. The molecule has 14 nitrogen and oxygen atoms in total. The first-order valence-electron chi connectivity index (χ1n) is 29.1. The lowest BCUT2D eigenvalue weighted by Gasteiger charge is -2.45. The standard InChI is InChI=1S/2C31H35ClF2N2O5S/c2*32-22-9-11-24-19(14-22)4-3-13-31(24)17-36-16-21-7-10-23(21)26(37)5-1-2-6-28(29(33)34)42(39,40)35-30(38)20-8-12-27(41-18-31)25(36)15-20/h2*1,5,8-9,11-12,14-15,21,23,26,28-29,37H,2-4,6-7,10,13,16-18H2,(H,35,38)/b2*5-1+/t21-,23+,26-,28+,31-;21-,23+,26-,28-,31-/m00/s1. The highest BCUT2D eigenvalue weighted by Gasteiger charge is 2.47. The van der Waals surface area contributed by atoms with Crippen molar-refractivity contribution >= 4 is 66.4 Å². The Kier molecular flexibility index (Phi) is 17.5. The Morgan fingerprint density at radius 2 is 0.988 bits per heavy atom. The van der Waals surface area contributed by atoms with Gasteiger partial charge in [-0.3, -0.25) is 9.59 Å². The molecule has 2 fully saturated rings. The molecule has 4 heterocycles. The van der Waals surface area contributed by atoms with E-state index in [9.17, 15) is 54.2 Å². The normalized spacial score (nSPS) is 31.6. The van der Waals surface area contributed by atoms with Gasteiger partial charge in [0.05, 0.1) is 36.8 Å².